The van der Waals surface area contributed by atoms with E-state index >= 15 is 0 Å². The predicted molar refractivity (Wildman–Crippen MR) is 96.6 cm³/mol. The van der Waals surface area contributed by atoms with Gasteiger partial charge < -0.3 is 10.1 Å². The second-order valence-electron chi connectivity index (χ2n) is 6.00. The van der Waals surface area contributed by atoms with Crippen molar-refractivity contribution in [3.8, 4) is 6.07 Å². The fraction of sp³-hybridized carbons (Fsp3) is 0.105. The normalized spacial score (nSPS) is 12.2. The molecule has 2 N–H and O–H groups in total. The minimum Gasteiger partial charge on any atom is -0.383 e. The van der Waals surface area contributed by atoms with Crippen molar-refractivity contribution in [1.29, 1.82) is 5.26 Å². The lowest BCUT2D eigenvalue weighted by Crippen LogP contribution is -2.16. The highest BCUT2D eigenvalue weighted by Gasteiger charge is 2.28. The number of hydrogen-bond acceptors (Lipinski definition) is 6. The van der Waals surface area contributed by atoms with Gasteiger partial charge in [-0.05, 0) is 30.7 Å². The molecule has 1 unspecified atom stereocenters. The molecule has 0 fully saturated rings. The molecule has 4 aromatic rings. The Labute approximate surface area is 148 Å². The van der Waals surface area contributed by atoms with Crippen molar-refractivity contribution < 1.29 is 4.79 Å². The van der Waals surface area contributed by atoms with Gasteiger partial charge in [0, 0.05) is 24.0 Å². The van der Waals surface area contributed by atoms with Crippen molar-refractivity contribution in [3.63, 3.8) is 0 Å². The fourth-order valence-electron chi connectivity index (χ4n) is 2.99. The first-order valence-electron chi connectivity index (χ1n) is 7.98. The molecular weight excluding hydrogens is 328 g/mol. The first kappa shape index (κ1) is 15.7. The van der Waals surface area contributed by atoms with Crippen LogP contribution in [0.2, 0.25) is 0 Å². The van der Waals surface area contributed by atoms with E-state index in [1.807, 2.05) is 31.3 Å². The molecule has 0 radical (unpaired) electrons. The van der Waals surface area contributed by atoms with Gasteiger partial charge >= 0.3 is 0 Å². The summed E-state index contributed by atoms with van der Waals surface area (Å²) >= 11 is 0. The van der Waals surface area contributed by atoms with Crippen LogP contribution >= 0.6 is 0 Å². The first-order valence-corrected chi connectivity index (χ1v) is 7.98. The van der Waals surface area contributed by atoms with Crippen LogP contribution in [0.5, 0.6) is 0 Å². The molecule has 0 bridgehead atoms. The number of nitrogens with two attached hydrogens (primary N) is 1. The Morgan fingerprint density at radius 2 is 2.12 bits per heavy atom. The van der Waals surface area contributed by atoms with Crippen molar-refractivity contribution in [2.24, 2.45) is 0 Å². The SMILES string of the molecule is Cc1cc(C(=O)C(C#N)c2nc(N)c3ccccc3n2)c2nccn2c1. The second kappa shape index (κ2) is 5.93. The maximum Gasteiger partial charge on any atom is 0.191 e. The van der Waals surface area contributed by atoms with Crippen molar-refractivity contribution in [2.75, 3.05) is 5.73 Å². The summed E-state index contributed by atoms with van der Waals surface area (Å²) in [6.45, 7) is 1.88. The number of para-hydroxylation sites is 1. The molecule has 0 aliphatic heterocycles. The highest BCUT2D eigenvalue weighted by Crippen LogP contribution is 2.25. The number of carbonyl (C=O) groups is 1. The van der Waals surface area contributed by atoms with Crippen LogP contribution in [0.15, 0.2) is 48.9 Å². The molecule has 1 aromatic carbocycles. The number of aromatic nitrogens is 4. The number of ketones is 1. The number of benzene rings is 1. The molecule has 0 saturated heterocycles. The van der Waals surface area contributed by atoms with E-state index < -0.39 is 11.7 Å². The zero-order valence-corrected chi connectivity index (χ0v) is 13.9. The van der Waals surface area contributed by atoms with Crippen LogP contribution in [0.4, 0.5) is 5.82 Å². The van der Waals surface area contributed by atoms with Crippen LogP contribution in [-0.4, -0.2) is 25.1 Å². The van der Waals surface area contributed by atoms with Gasteiger partial charge in [-0.15, -0.1) is 0 Å². The number of rotatable bonds is 3. The van der Waals surface area contributed by atoms with Crippen LogP contribution in [-0.2, 0) is 0 Å². The van der Waals surface area contributed by atoms with Gasteiger partial charge in [-0.1, -0.05) is 12.1 Å². The molecular formula is C19H14N6O. The lowest BCUT2D eigenvalue weighted by molar-refractivity contribution is 0.0977. The van der Waals surface area contributed by atoms with Crippen molar-refractivity contribution in [2.45, 2.75) is 12.8 Å². The number of anilines is 1. The van der Waals surface area contributed by atoms with Gasteiger partial charge in [-0.2, -0.15) is 5.26 Å². The lowest BCUT2D eigenvalue weighted by Gasteiger charge is -2.11. The van der Waals surface area contributed by atoms with Gasteiger partial charge in [0.2, 0.25) is 0 Å². The van der Waals surface area contributed by atoms with E-state index in [2.05, 4.69) is 15.0 Å². The van der Waals surface area contributed by atoms with Crippen molar-refractivity contribution in [1.82, 2.24) is 19.4 Å². The number of carbonyl (C=O) groups excluding carboxylic acids is 1. The summed E-state index contributed by atoms with van der Waals surface area (Å²) < 4.78 is 1.76. The smallest absolute Gasteiger partial charge is 0.191 e. The van der Waals surface area contributed by atoms with E-state index in [9.17, 15) is 10.1 Å². The van der Waals surface area contributed by atoms with E-state index in [1.54, 1.807) is 35.0 Å². The summed E-state index contributed by atoms with van der Waals surface area (Å²) in [6.07, 6.45) is 5.23. The Kier molecular flexibility index (Phi) is 3.59. The van der Waals surface area contributed by atoms with E-state index in [4.69, 9.17) is 5.73 Å². The summed E-state index contributed by atoms with van der Waals surface area (Å²) in [5.74, 6) is -1.22. The Bertz CT molecular complexity index is 1200. The Balaban J connectivity index is 1.86. The molecule has 26 heavy (non-hydrogen) atoms. The number of aryl methyl sites for hydroxylation is 1. The number of nitrogens with zero attached hydrogens (tertiary/aromatic N) is 5. The quantitative estimate of drug-likeness (QED) is 0.573. The highest BCUT2D eigenvalue weighted by atomic mass is 16.1. The third-order valence-corrected chi connectivity index (χ3v) is 4.19. The molecule has 0 aliphatic rings. The fourth-order valence-corrected chi connectivity index (χ4v) is 2.99. The standard InChI is InChI=1S/C19H14N6O/c1-11-8-13(19-22-6-7-25(19)10-11)16(26)14(9-20)18-23-15-5-3-2-4-12(15)17(21)24-18/h2-8,10,14H,1H3,(H2,21,23,24). The summed E-state index contributed by atoms with van der Waals surface area (Å²) in [7, 11) is 0. The molecule has 0 saturated carbocycles. The Morgan fingerprint density at radius 1 is 1.31 bits per heavy atom. The second-order valence-corrected chi connectivity index (χ2v) is 6.00. The van der Waals surface area contributed by atoms with Crippen molar-refractivity contribution in [3.05, 3.63) is 65.9 Å². The topological polar surface area (TPSA) is 110 Å². The van der Waals surface area contributed by atoms with Crippen LogP contribution in [0.1, 0.15) is 27.7 Å². The van der Waals surface area contributed by atoms with Crippen LogP contribution in [0, 0.1) is 18.3 Å². The molecule has 7 heteroatoms. The molecule has 3 aromatic heterocycles. The van der Waals surface area contributed by atoms with Gasteiger partial charge in [-0.25, -0.2) is 15.0 Å². The first-order chi connectivity index (χ1) is 12.6. The zero-order valence-electron chi connectivity index (χ0n) is 13.9. The number of Topliss-reactive ketones (excluding diaryl/α,β-unsaturated/α-hetero) is 1. The summed E-state index contributed by atoms with van der Waals surface area (Å²) in [4.78, 5) is 25.9. The van der Waals surface area contributed by atoms with Crippen molar-refractivity contribution >= 4 is 28.2 Å². The molecule has 0 spiro atoms. The Morgan fingerprint density at radius 3 is 2.92 bits per heavy atom. The predicted octanol–water partition coefficient (Wildman–Crippen LogP) is 2.66. The maximum absolute atomic E-state index is 13.1. The van der Waals surface area contributed by atoms with Gasteiger partial charge in [0.25, 0.3) is 0 Å². The minimum absolute atomic E-state index is 0.0971. The average Bonchev–Trinajstić information content (AvgIpc) is 3.10. The number of nitrogen functional groups attached to an aromatic ring is 1. The van der Waals surface area contributed by atoms with Gasteiger partial charge in [0.15, 0.2) is 17.5 Å². The van der Waals surface area contributed by atoms with Gasteiger partial charge in [0.1, 0.15) is 11.5 Å². The third kappa shape index (κ3) is 2.45. The van der Waals surface area contributed by atoms with E-state index in [1.165, 1.54) is 0 Å². The van der Waals surface area contributed by atoms with Gasteiger partial charge in [-0.3, -0.25) is 4.79 Å². The summed E-state index contributed by atoms with van der Waals surface area (Å²) in [5, 5.41) is 10.3. The molecule has 4 rings (SSSR count). The van der Waals surface area contributed by atoms with E-state index in [-0.39, 0.29) is 11.6 Å². The number of imidazole rings is 1. The largest absolute Gasteiger partial charge is 0.383 e. The van der Waals surface area contributed by atoms with Crippen LogP contribution < -0.4 is 5.73 Å². The molecule has 1 atom stereocenters. The summed E-state index contributed by atoms with van der Waals surface area (Å²) in [6, 6.07) is 11.0. The van der Waals surface area contributed by atoms with Crippen LogP contribution in [0.25, 0.3) is 16.6 Å². The number of nitriles is 1. The molecule has 0 amide bonds. The maximum atomic E-state index is 13.1. The molecule has 0 aliphatic carbocycles. The lowest BCUT2D eigenvalue weighted by atomic mass is 9.97. The minimum atomic E-state index is -1.16. The van der Waals surface area contributed by atoms with E-state index in [0.717, 1.165) is 5.56 Å². The Hall–Kier alpha value is -3.79. The third-order valence-electron chi connectivity index (χ3n) is 4.19. The molecule has 7 nitrogen and oxygen atoms in total. The highest BCUT2D eigenvalue weighted by molar-refractivity contribution is 6.07. The zero-order chi connectivity index (χ0) is 18.3. The molecule has 3 heterocycles. The monoisotopic (exact) mass is 342 g/mol. The number of hydrogen-bond donors (Lipinski definition) is 1. The van der Waals surface area contributed by atoms with Gasteiger partial charge in [0.05, 0.1) is 17.1 Å². The van der Waals surface area contributed by atoms with Crippen LogP contribution in [0.3, 0.4) is 0 Å². The summed E-state index contributed by atoms with van der Waals surface area (Å²) in [5.41, 5.74) is 8.33. The molecule has 126 valence electrons. The average molecular weight is 342 g/mol. The number of pyridine rings is 1. The van der Waals surface area contributed by atoms with E-state index in [0.29, 0.717) is 22.1 Å². The number of fused-ring (bicyclic) bond motifs is 2.